The molecule has 1 unspecified atom stereocenters. The van der Waals surface area contributed by atoms with E-state index in [1.165, 1.54) is 64.2 Å². The van der Waals surface area contributed by atoms with E-state index in [1.807, 2.05) is 0 Å². The summed E-state index contributed by atoms with van der Waals surface area (Å²) in [4.78, 5) is 0. The fourth-order valence-electron chi connectivity index (χ4n) is 2.22. The van der Waals surface area contributed by atoms with Gasteiger partial charge in [0.15, 0.2) is 0 Å². The average Bonchev–Trinajstić information content (AvgIpc) is 2.25. The van der Waals surface area contributed by atoms with Gasteiger partial charge in [-0.2, -0.15) is 0 Å². The van der Waals surface area contributed by atoms with E-state index in [2.05, 4.69) is 20.8 Å². The molecule has 0 aliphatic rings. The van der Waals surface area contributed by atoms with Crippen LogP contribution in [0.5, 0.6) is 0 Å². The Labute approximate surface area is 97.8 Å². The molecule has 0 aliphatic heterocycles. The van der Waals surface area contributed by atoms with Crippen LogP contribution in [-0.2, 0) is 0 Å². The lowest BCUT2D eigenvalue weighted by molar-refractivity contribution is 0.377. The molecule has 0 bridgehead atoms. The van der Waals surface area contributed by atoms with Gasteiger partial charge in [-0.3, -0.25) is 0 Å². The third-order valence-corrected chi connectivity index (χ3v) is 3.29. The first-order chi connectivity index (χ1) is 7.35. The molecule has 0 saturated carbocycles. The van der Waals surface area contributed by atoms with Crippen molar-refractivity contribution >= 4 is 0 Å². The second-order valence-electron chi connectivity index (χ2n) is 4.85. The van der Waals surface area contributed by atoms with Gasteiger partial charge >= 0.3 is 0 Å². The number of unbranched alkanes of at least 4 members (excludes halogenated alkanes) is 5. The van der Waals surface area contributed by atoms with Crippen molar-refractivity contribution in [3.8, 4) is 0 Å². The zero-order valence-electron chi connectivity index (χ0n) is 11.1. The Morgan fingerprint density at radius 2 is 1.27 bits per heavy atom. The molecule has 0 aromatic carbocycles. The van der Waals surface area contributed by atoms with Gasteiger partial charge in [-0.25, -0.2) is 0 Å². The van der Waals surface area contributed by atoms with E-state index in [0.717, 1.165) is 12.3 Å². The normalized spacial score (nSPS) is 11.2. The second kappa shape index (κ2) is 12.1. The molecule has 0 aromatic heterocycles. The number of hydrogen-bond donors (Lipinski definition) is 0. The standard InChI is InChI=1S/C15H31/c1-4-7-10-13-15(12-9-6-3)14-11-8-5-2/h15H,1,4-14H2,2-3H3. The highest BCUT2D eigenvalue weighted by Gasteiger charge is 2.07. The molecule has 15 heavy (non-hydrogen) atoms. The monoisotopic (exact) mass is 211 g/mol. The smallest absolute Gasteiger partial charge is 0.0414 e. The van der Waals surface area contributed by atoms with Crippen LogP contribution in [0, 0.1) is 12.8 Å². The SMILES string of the molecule is [CH2]CCCCC(CCCC)CCCCC. The molecular weight excluding hydrogens is 180 g/mol. The minimum absolute atomic E-state index is 1.02. The fraction of sp³-hybridized carbons (Fsp3) is 0.933. The lowest BCUT2D eigenvalue weighted by Crippen LogP contribution is -2.01. The van der Waals surface area contributed by atoms with Gasteiger partial charge in [-0.05, 0) is 5.92 Å². The van der Waals surface area contributed by atoms with E-state index in [-0.39, 0.29) is 0 Å². The van der Waals surface area contributed by atoms with Crippen molar-refractivity contribution < 1.29 is 0 Å². The first-order valence-corrected chi connectivity index (χ1v) is 7.14. The summed E-state index contributed by atoms with van der Waals surface area (Å²) in [6.45, 7) is 8.52. The summed E-state index contributed by atoms with van der Waals surface area (Å²) in [6.07, 6.45) is 15.3. The van der Waals surface area contributed by atoms with Crippen molar-refractivity contribution in [2.75, 3.05) is 0 Å². The maximum absolute atomic E-state index is 3.92. The van der Waals surface area contributed by atoms with Gasteiger partial charge in [0.2, 0.25) is 0 Å². The van der Waals surface area contributed by atoms with Gasteiger partial charge in [-0.15, -0.1) is 0 Å². The molecule has 0 amide bonds. The Kier molecular flexibility index (Phi) is 12.1. The van der Waals surface area contributed by atoms with Crippen LogP contribution >= 0.6 is 0 Å². The van der Waals surface area contributed by atoms with Crippen LogP contribution in [0.15, 0.2) is 0 Å². The molecular formula is C15H31. The molecule has 1 radical (unpaired) electrons. The Bertz CT molecular complexity index is 96.6. The molecule has 0 fully saturated rings. The Morgan fingerprint density at radius 3 is 1.80 bits per heavy atom. The molecule has 0 aromatic rings. The highest BCUT2D eigenvalue weighted by molar-refractivity contribution is 4.61. The summed E-state index contributed by atoms with van der Waals surface area (Å²) >= 11 is 0. The maximum Gasteiger partial charge on any atom is -0.0414 e. The van der Waals surface area contributed by atoms with Crippen LogP contribution in [0.2, 0.25) is 0 Å². The minimum atomic E-state index is 1.02. The zero-order valence-corrected chi connectivity index (χ0v) is 11.1. The van der Waals surface area contributed by atoms with Crippen LogP contribution in [0.4, 0.5) is 0 Å². The van der Waals surface area contributed by atoms with Gasteiger partial charge in [-0.1, -0.05) is 91.4 Å². The largest absolute Gasteiger partial charge is 0.0654 e. The minimum Gasteiger partial charge on any atom is -0.0654 e. The predicted octanol–water partition coefficient (Wildman–Crippen LogP) is 5.77. The highest BCUT2D eigenvalue weighted by atomic mass is 14.1. The lowest BCUT2D eigenvalue weighted by Gasteiger charge is -2.16. The van der Waals surface area contributed by atoms with Crippen LogP contribution in [0.3, 0.4) is 0 Å². The molecule has 91 valence electrons. The molecule has 0 spiro atoms. The van der Waals surface area contributed by atoms with E-state index in [9.17, 15) is 0 Å². The van der Waals surface area contributed by atoms with Crippen LogP contribution in [0.1, 0.15) is 84.5 Å². The van der Waals surface area contributed by atoms with E-state index < -0.39 is 0 Å². The topological polar surface area (TPSA) is 0 Å². The molecule has 0 nitrogen and oxygen atoms in total. The lowest BCUT2D eigenvalue weighted by atomic mass is 9.90. The van der Waals surface area contributed by atoms with E-state index >= 15 is 0 Å². The molecule has 0 N–H and O–H groups in total. The van der Waals surface area contributed by atoms with Crippen molar-refractivity contribution in [3.05, 3.63) is 6.92 Å². The average molecular weight is 211 g/mol. The van der Waals surface area contributed by atoms with Crippen molar-refractivity contribution in [3.63, 3.8) is 0 Å². The predicted molar refractivity (Wildman–Crippen MR) is 71.0 cm³/mol. The number of rotatable bonds is 11. The highest BCUT2D eigenvalue weighted by Crippen LogP contribution is 2.22. The molecule has 0 aliphatic carbocycles. The number of hydrogen-bond acceptors (Lipinski definition) is 0. The summed E-state index contributed by atoms with van der Waals surface area (Å²) in [5.41, 5.74) is 0. The van der Waals surface area contributed by atoms with Crippen molar-refractivity contribution in [1.29, 1.82) is 0 Å². The molecule has 1 atom stereocenters. The fourth-order valence-corrected chi connectivity index (χ4v) is 2.22. The third-order valence-electron chi connectivity index (χ3n) is 3.29. The van der Waals surface area contributed by atoms with Gasteiger partial charge in [0.1, 0.15) is 0 Å². The summed E-state index contributed by atoms with van der Waals surface area (Å²) in [5.74, 6) is 1.02. The van der Waals surface area contributed by atoms with Gasteiger partial charge in [0, 0.05) is 0 Å². The van der Waals surface area contributed by atoms with E-state index in [0.29, 0.717) is 0 Å². The van der Waals surface area contributed by atoms with Crippen molar-refractivity contribution in [1.82, 2.24) is 0 Å². The van der Waals surface area contributed by atoms with E-state index in [1.54, 1.807) is 0 Å². The Hall–Kier alpha value is 0. The Morgan fingerprint density at radius 1 is 0.733 bits per heavy atom. The molecule has 0 heteroatoms. The first kappa shape index (κ1) is 15.0. The van der Waals surface area contributed by atoms with Crippen LogP contribution in [0.25, 0.3) is 0 Å². The van der Waals surface area contributed by atoms with Crippen molar-refractivity contribution in [2.45, 2.75) is 84.5 Å². The summed E-state index contributed by atoms with van der Waals surface area (Å²) < 4.78 is 0. The first-order valence-electron chi connectivity index (χ1n) is 7.14. The van der Waals surface area contributed by atoms with Crippen LogP contribution in [-0.4, -0.2) is 0 Å². The summed E-state index contributed by atoms with van der Waals surface area (Å²) in [5, 5.41) is 0. The summed E-state index contributed by atoms with van der Waals surface area (Å²) in [7, 11) is 0. The van der Waals surface area contributed by atoms with Gasteiger partial charge in [0.05, 0.1) is 0 Å². The quantitative estimate of drug-likeness (QED) is 0.381. The maximum atomic E-state index is 3.92. The van der Waals surface area contributed by atoms with E-state index in [4.69, 9.17) is 0 Å². The zero-order chi connectivity index (χ0) is 11.4. The summed E-state index contributed by atoms with van der Waals surface area (Å²) in [6, 6.07) is 0. The Balaban J connectivity index is 3.53. The van der Waals surface area contributed by atoms with Crippen molar-refractivity contribution in [2.24, 2.45) is 5.92 Å². The van der Waals surface area contributed by atoms with Gasteiger partial charge in [0.25, 0.3) is 0 Å². The van der Waals surface area contributed by atoms with Gasteiger partial charge < -0.3 is 0 Å². The van der Waals surface area contributed by atoms with Crippen LogP contribution < -0.4 is 0 Å². The molecule has 0 saturated heterocycles. The second-order valence-corrected chi connectivity index (χ2v) is 4.85. The third kappa shape index (κ3) is 10.3. The molecule has 0 heterocycles. The molecule has 0 rings (SSSR count).